The number of hydrogen-bond acceptors (Lipinski definition) is 1. The molecule has 0 saturated carbocycles. The van der Waals surface area contributed by atoms with Crippen molar-refractivity contribution in [3.8, 4) is 0 Å². The van der Waals surface area contributed by atoms with Gasteiger partial charge in [0.25, 0.3) is 0 Å². The molecule has 0 bridgehead atoms. The number of hydrogen-bond donors (Lipinski definition) is 0. The SMILES string of the molecule is [2H]C(=CC1=[N+](C)c2c(Cl)cccc2C1(C)C)C([2H])=C([2H])C([2H])=C([2H])C=C1N(C)c2c(Cl)cccc2C1(C)C. The standard InChI is InChI=1S/C29H31Cl2N2/c1-28(2)20-14-12-16-22(30)26(20)32(5)24(28)18-10-8-7-9-11-19-25-29(3,4)21-15-13-17-23(31)27(21)33(25)6/h7-19H,1-6H3/q+1/i7D,8D,9D,10D,11D. The number of para-hydroxylation sites is 2. The Morgan fingerprint density at radius 1 is 0.848 bits per heavy atom. The third-order valence-electron chi connectivity index (χ3n) is 6.68. The Bertz CT molecular complexity index is 1510. The summed E-state index contributed by atoms with van der Waals surface area (Å²) in [6.45, 7) is 8.09. The summed E-state index contributed by atoms with van der Waals surface area (Å²) < 4.78 is 44.5. The third kappa shape index (κ3) is 3.90. The number of benzene rings is 2. The number of allylic oxidation sites excluding steroid dienone is 8. The molecule has 2 nitrogen and oxygen atoms in total. The molecule has 0 aromatic heterocycles. The van der Waals surface area contributed by atoms with Gasteiger partial charge < -0.3 is 4.90 Å². The van der Waals surface area contributed by atoms with Gasteiger partial charge in [0.1, 0.15) is 12.1 Å². The lowest BCUT2D eigenvalue weighted by molar-refractivity contribution is -0.401. The van der Waals surface area contributed by atoms with Crippen LogP contribution in [0.2, 0.25) is 10.0 Å². The fourth-order valence-corrected chi connectivity index (χ4v) is 5.55. The summed E-state index contributed by atoms with van der Waals surface area (Å²) in [6, 6.07) is 9.63. The molecule has 2 aliphatic rings. The molecule has 170 valence electrons. The summed E-state index contributed by atoms with van der Waals surface area (Å²) in [5.74, 6) is 0. The molecule has 2 heterocycles. The molecule has 33 heavy (non-hydrogen) atoms. The maximum absolute atomic E-state index is 8.58. The molecule has 0 unspecified atom stereocenters. The molecular formula is C29H31Cl2N2+. The quantitative estimate of drug-likeness (QED) is 0.316. The van der Waals surface area contributed by atoms with Crippen LogP contribution in [0, 0.1) is 0 Å². The molecule has 4 heteroatoms. The second-order valence-electron chi connectivity index (χ2n) is 9.36. The van der Waals surface area contributed by atoms with Gasteiger partial charge in [-0.1, -0.05) is 91.6 Å². The number of likely N-dealkylation sites (N-methyl/N-ethyl adjacent to an activating group) is 1. The van der Waals surface area contributed by atoms with Crippen LogP contribution >= 0.6 is 23.2 Å². The van der Waals surface area contributed by atoms with Crippen LogP contribution in [0.15, 0.2) is 84.5 Å². The van der Waals surface area contributed by atoms with Gasteiger partial charge in [-0.15, -0.1) is 0 Å². The molecule has 4 rings (SSSR count). The molecular weight excluding hydrogens is 447 g/mol. The number of halogens is 2. The van der Waals surface area contributed by atoms with Crippen molar-refractivity contribution in [2.45, 2.75) is 38.5 Å². The molecule has 0 N–H and O–H groups in total. The molecule has 0 saturated heterocycles. The Morgan fingerprint density at radius 3 is 2.12 bits per heavy atom. The van der Waals surface area contributed by atoms with Gasteiger partial charge in [0.2, 0.25) is 5.69 Å². The van der Waals surface area contributed by atoms with E-state index in [4.69, 9.17) is 30.1 Å². The summed E-state index contributed by atoms with van der Waals surface area (Å²) in [5, 5.41) is 1.20. The molecule has 2 aliphatic heterocycles. The molecule has 0 radical (unpaired) electrons. The summed E-state index contributed by atoms with van der Waals surface area (Å²) in [7, 11) is 3.73. The normalized spacial score (nSPS) is 23.8. The van der Waals surface area contributed by atoms with Crippen LogP contribution in [-0.4, -0.2) is 24.4 Å². The first-order chi connectivity index (χ1) is 17.6. The van der Waals surface area contributed by atoms with Crippen molar-refractivity contribution < 1.29 is 11.4 Å². The van der Waals surface area contributed by atoms with Gasteiger partial charge in [0.05, 0.1) is 23.0 Å². The van der Waals surface area contributed by atoms with E-state index in [1.54, 1.807) is 12.2 Å². The molecule has 0 spiro atoms. The average molecular weight is 484 g/mol. The van der Waals surface area contributed by atoms with Crippen LogP contribution in [0.25, 0.3) is 0 Å². The van der Waals surface area contributed by atoms with E-state index in [1.165, 1.54) is 0 Å². The van der Waals surface area contributed by atoms with Crippen molar-refractivity contribution in [3.05, 3.63) is 106 Å². The van der Waals surface area contributed by atoms with E-state index in [0.717, 1.165) is 33.9 Å². The Balaban J connectivity index is 1.74. The fraction of sp³-hybridized carbons (Fsp3) is 0.276. The predicted octanol–water partition coefficient (Wildman–Crippen LogP) is 7.98. The monoisotopic (exact) mass is 482 g/mol. The highest BCUT2D eigenvalue weighted by Gasteiger charge is 2.44. The number of rotatable bonds is 4. The highest BCUT2D eigenvalue weighted by molar-refractivity contribution is 6.34. The van der Waals surface area contributed by atoms with Gasteiger partial charge in [-0.05, 0) is 37.6 Å². The minimum atomic E-state index is -0.489. The van der Waals surface area contributed by atoms with E-state index >= 15 is 0 Å². The molecule has 0 aliphatic carbocycles. The first-order valence-electron chi connectivity index (χ1n) is 13.3. The van der Waals surface area contributed by atoms with E-state index in [-0.39, 0.29) is 12.1 Å². The van der Waals surface area contributed by atoms with Crippen LogP contribution in [0.4, 0.5) is 11.4 Å². The second kappa shape index (κ2) is 8.66. The van der Waals surface area contributed by atoms with Crippen molar-refractivity contribution >= 4 is 40.3 Å². The maximum Gasteiger partial charge on any atom is 0.228 e. The molecule has 2 aromatic carbocycles. The van der Waals surface area contributed by atoms with Gasteiger partial charge in [-0.25, -0.2) is 0 Å². The van der Waals surface area contributed by atoms with Crippen molar-refractivity contribution in [1.29, 1.82) is 0 Å². The zero-order valence-corrected chi connectivity index (χ0v) is 21.3. The van der Waals surface area contributed by atoms with Gasteiger partial charge in [-0.2, -0.15) is 4.58 Å². The lowest BCUT2D eigenvalue weighted by Crippen LogP contribution is -2.26. The minimum absolute atomic E-state index is 0.212. The maximum atomic E-state index is 8.58. The Morgan fingerprint density at radius 2 is 1.45 bits per heavy atom. The molecule has 0 amide bonds. The van der Waals surface area contributed by atoms with Crippen molar-refractivity contribution in [2.75, 3.05) is 19.0 Å². The topological polar surface area (TPSA) is 6.25 Å². The zero-order chi connectivity index (χ0) is 28.3. The van der Waals surface area contributed by atoms with Crippen LogP contribution in [0.3, 0.4) is 0 Å². The zero-order valence-electron chi connectivity index (χ0n) is 24.8. The first kappa shape index (κ1) is 17.9. The van der Waals surface area contributed by atoms with Gasteiger partial charge >= 0.3 is 0 Å². The summed E-state index contributed by atoms with van der Waals surface area (Å²) >= 11 is 12.9. The van der Waals surface area contributed by atoms with Crippen LogP contribution in [0.5, 0.6) is 0 Å². The Labute approximate surface area is 214 Å². The highest BCUT2D eigenvalue weighted by atomic mass is 35.5. The van der Waals surface area contributed by atoms with E-state index in [2.05, 4.69) is 0 Å². The smallest absolute Gasteiger partial charge is 0.228 e. The average Bonchev–Trinajstić information content (AvgIpc) is 3.18. The van der Waals surface area contributed by atoms with E-state index in [9.17, 15) is 0 Å². The summed E-state index contributed by atoms with van der Waals surface area (Å²) in [6.07, 6.45) is 3.10. The van der Waals surface area contributed by atoms with Crippen molar-refractivity contribution in [2.24, 2.45) is 0 Å². The molecule has 0 atom stereocenters. The van der Waals surface area contributed by atoms with Crippen LogP contribution in [0.1, 0.15) is 45.7 Å². The van der Waals surface area contributed by atoms with E-state index in [1.807, 2.05) is 87.7 Å². The first-order valence-corrected chi connectivity index (χ1v) is 11.6. The van der Waals surface area contributed by atoms with Crippen molar-refractivity contribution in [1.82, 2.24) is 0 Å². The number of anilines is 1. The van der Waals surface area contributed by atoms with Crippen LogP contribution < -0.4 is 4.90 Å². The summed E-state index contributed by atoms with van der Waals surface area (Å²) in [5.41, 5.74) is 4.31. The highest BCUT2D eigenvalue weighted by Crippen LogP contribution is 2.49. The van der Waals surface area contributed by atoms with Crippen molar-refractivity contribution in [3.63, 3.8) is 0 Å². The van der Waals surface area contributed by atoms with Gasteiger partial charge in [-0.3, -0.25) is 0 Å². The Kier molecular flexibility index (Phi) is 4.69. The largest absolute Gasteiger partial charge is 0.346 e. The fourth-order valence-electron chi connectivity index (χ4n) is 4.94. The van der Waals surface area contributed by atoms with Gasteiger partial charge in [0, 0.05) is 29.8 Å². The Hall–Kier alpha value is -2.55. The van der Waals surface area contributed by atoms with E-state index < -0.39 is 29.0 Å². The lowest BCUT2D eigenvalue weighted by atomic mass is 9.81. The molecule has 0 fully saturated rings. The van der Waals surface area contributed by atoms with Gasteiger partial charge in [0.15, 0.2) is 5.71 Å². The lowest BCUT2D eigenvalue weighted by Gasteiger charge is -2.23. The number of fused-ring (bicyclic) bond motifs is 2. The minimum Gasteiger partial charge on any atom is -0.346 e. The summed E-state index contributed by atoms with van der Waals surface area (Å²) in [4.78, 5) is 1.90. The molecule has 2 aromatic rings. The third-order valence-corrected chi connectivity index (χ3v) is 7.29. The predicted molar refractivity (Wildman–Crippen MR) is 144 cm³/mol. The van der Waals surface area contributed by atoms with Crippen LogP contribution in [-0.2, 0) is 10.8 Å². The number of nitrogens with zero attached hydrogens (tertiary/aromatic N) is 2. The second-order valence-corrected chi connectivity index (χ2v) is 10.2. The van der Waals surface area contributed by atoms with E-state index in [0.29, 0.717) is 10.0 Å².